The van der Waals surface area contributed by atoms with Gasteiger partial charge in [0, 0.05) is 30.8 Å². The summed E-state index contributed by atoms with van der Waals surface area (Å²) in [6.07, 6.45) is 0.345. The molecule has 27 heavy (non-hydrogen) atoms. The molecule has 0 spiro atoms. The molecule has 1 heterocycles. The van der Waals surface area contributed by atoms with Crippen molar-refractivity contribution in [2.24, 2.45) is 0 Å². The number of nitrogens with one attached hydrogen (secondary N) is 1. The molecule has 2 rings (SSSR count). The van der Waals surface area contributed by atoms with Crippen LogP contribution in [0, 0.1) is 0 Å². The van der Waals surface area contributed by atoms with Crippen LogP contribution in [0.1, 0.15) is 40.5 Å². The summed E-state index contributed by atoms with van der Waals surface area (Å²) in [5.74, 6) is -1.36. The second-order valence-electron chi connectivity index (χ2n) is 5.71. The standard InChI is InChI=1S/C19H22N2O6/c1-4-15-14(19(24)25)10-16(27-15)18(23)21(5-2)11-17(22)20-12-7-6-8-13(9-12)26-3/h6-10H,4-5,11H2,1-3H3,(H,20,22)(H,24,25). The van der Waals surface area contributed by atoms with Gasteiger partial charge >= 0.3 is 5.97 Å². The molecule has 2 N–H and O–H groups in total. The van der Waals surface area contributed by atoms with Crippen LogP contribution in [0.2, 0.25) is 0 Å². The Hall–Kier alpha value is -3.29. The van der Waals surface area contributed by atoms with E-state index in [0.717, 1.165) is 0 Å². The molecule has 8 heteroatoms. The lowest BCUT2D eigenvalue weighted by molar-refractivity contribution is -0.116. The summed E-state index contributed by atoms with van der Waals surface area (Å²) < 4.78 is 10.5. The van der Waals surface area contributed by atoms with E-state index in [9.17, 15) is 19.5 Å². The number of rotatable bonds is 8. The number of furan rings is 1. The molecule has 2 aromatic rings. The van der Waals surface area contributed by atoms with Gasteiger partial charge in [0.1, 0.15) is 23.6 Å². The van der Waals surface area contributed by atoms with Crippen molar-refractivity contribution in [3.63, 3.8) is 0 Å². The number of aromatic carboxylic acids is 1. The lowest BCUT2D eigenvalue weighted by Gasteiger charge is -2.19. The second-order valence-corrected chi connectivity index (χ2v) is 5.71. The highest BCUT2D eigenvalue weighted by molar-refractivity contribution is 5.99. The number of hydrogen-bond acceptors (Lipinski definition) is 5. The SMILES string of the molecule is CCc1oc(C(=O)N(CC)CC(=O)Nc2cccc(OC)c2)cc1C(=O)O. The highest BCUT2D eigenvalue weighted by Crippen LogP contribution is 2.19. The number of anilines is 1. The molecule has 0 atom stereocenters. The highest BCUT2D eigenvalue weighted by atomic mass is 16.5. The maximum atomic E-state index is 12.6. The average molecular weight is 374 g/mol. The van der Waals surface area contributed by atoms with Gasteiger partial charge in [-0.3, -0.25) is 9.59 Å². The predicted octanol–water partition coefficient (Wildman–Crippen LogP) is 2.65. The number of likely N-dealkylation sites (N-methyl/N-ethyl adjacent to an activating group) is 1. The molecule has 144 valence electrons. The van der Waals surface area contributed by atoms with Gasteiger partial charge in [0.25, 0.3) is 5.91 Å². The highest BCUT2D eigenvalue weighted by Gasteiger charge is 2.24. The van der Waals surface area contributed by atoms with Crippen LogP contribution in [0.5, 0.6) is 5.75 Å². The van der Waals surface area contributed by atoms with Crippen molar-refractivity contribution >= 4 is 23.5 Å². The van der Waals surface area contributed by atoms with E-state index in [0.29, 0.717) is 17.9 Å². The Kier molecular flexibility index (Phi) is 6.59. The van der Waals surface area contributed by atoms with Gasteiger partial charge in [-0.15, -0.1) is 0 Å². The van der Waals surface area contributed by atoms with E-state index < -0.39 is 11.9 Å². The molecule has 2 amide bonds. The maximum absolute atomic E-state index is 12.6. The minimum absolute atomic E-state index is 0.0438. The second kappa shape index (κ2) is 8.88. The molecule has 0 fully saturated rings. The van der Waals surface area contributed by atoms with Crippen molar-refractivity contribution in [2.45, 2.75) is 20.3 Å². The van der Waals surface area contributed by atoms with Gasteiger partial charge < -0.3 is 24.5 Å². The van der Waals surface area contributed by atoms with Crippen molar-refractivity contribution < 1.29 is 28.6 Å². The van der Waals surface area contributed by atoms with Crippen LogP contribution in [0.25, 0.3) is 0 Å². The summed E-state index contributed by atoms with van der Waals surface area (Å²) in [6.45, 7) is 3.52. The zero-order valence-corrected chi connectivity index (χ0v) is 15.4. The molecular formula is C19H22N2O6. The van der Waals surface area contributed by atoms with Crippen LogP contribution >= 0.6 is 0 Å². The fourth-order valence-electron chi connectivity index (χ4n) is 2.54. The Morgan fingerprint density at radius 2 is 1.96 bits per heavy atom. The Bertz CT molecular complexity index is 842. The number of carbonyl (C=O) groups is 3. The molecule has 0 bridgehead atoms. The molecule has 0 aliphatic carbocycles. The molecule has 8 nitrogen and oxygen atoms in total. The number of benzene rings is 1. The van der Waals surface area contributed by atoms with Crippen molar-refractivity contribution in [3.05, 3.63) is 47.4 Å². The van der Waals surface area contributed by atoms with Crippen LogP contribution < -0.4 is 10.1 Å². The monoisotopic (exact) mass is 374 g/mol. The number of carboxylic acid groups (broad SMARTS) is 1. The van der Waals surface area contributed by atoms with E-state index in [1.54, 1.807) is 38.1 Å². The minimum atomic E-state index is -1.16. The number of amides is 2. The summed E-state index contributed by atoms with van der Waals surface area (Å²) in [6, 6.07) is 8.05. The van der Waals surface area contributed by atoms with Crippen molar-refractivity contribution in [3.8, 4) is 5.75 Å². The van der Waals surface area contributed by atoms with E-state index >= 15 is 0 Å². The van der Waals surface area contributed by atoms with E-state index in [2.05, 4.69) is 5.32 Å². The fourth-order valence-corrected chi connectivity index (χ4v) is 2.54. The topological polar surface area (TPSA) is 109 Å². The molecule has 0 aliphatic heterocycles. The normalized spacial score (nSPS) is 10.3. The van der Waals surface area contributed by atoms with Gasteiger partial charge in [0.2, 0.25) is 5.91 Å². The summed E-state index contributed by atoms with van der Waals surface area (Å²) in [5.41, 5.74) is 0.500. The lowest BCUT2D eigenvalue weighted by atomic mass is 10.2. The predicted molar refractivity (Wildman–Crippen MR) is 98.2 cm³/mol. The fraction of sp³-hybridized carbons (Fsp3) is 0.316. The van der Waals surface area contributed by atoms with E-state index in [4.69, 9.17) is 9.15 Å². The molecule has 0 saturated carbocycles. The van der Waals surface area contributed by atoms with Crippen LogP contribution in [-0.4, -0.2) is 48.0 Å². The largest absolute Gasteiger partial charge is 0.497 e. The summed E-state index contributed by atoms with van der Waals surface area (Å²) in [7, 11) is 1.53. The molecule has 1 aromatic carbocycles. The first kappa shape index (κ1) is 20.0. The summed E-state index contributed by atoms with van der Waals surface area (Å²) in [4.78, 5) is 37.4. The van der Waals surface area contributed by atoms with Gasteiger partial charge in [-0.25, -0.2) is 4.79 Å². The third-order valence-corrected chi connectivity index (χ3v) is 3.93. The molecule has 0 aliphatic rings. The first-order chi connectivity index (χ1) is 12.9. The summed E-state index contributed by atoms with van der Waals surface area (Å²) >= 11 is 0. The maximum Gasteiger partial charge on any atom is 0.339 e. The van der Waals surface area contributed by atoms with Gasteiger partial charge in [0.05, 0.1) is 7.11 Å². The molecule has 1 aromatic heterocycles. The van der Waals surface area contributed by atoms with Crippen LogP contribution in [0.3, 0.4) is 0 Å². The van der Waals surface area contributed by atoms with Gasteiger partial charge in [0.15, 0.2) is 5.76 Å². The Morgan fingerprint density at radius 1 is 1.22 bits per heavy atom. The first-order valence-electron chi connectivity index (χ1n) is 8.48. The van der Waals surface area contributed by atoms with Crippen molar-refractivity contribution in [2.75, 3.05) is 25.5 Å². The van der Waals surface area contributed by atoms with Gasteiger partial charge in [-0.2, -0.15) is 0 Å². The van der Waals surface area contributed by atoms with Crippen molar-refractivity contribution in [1.82, 2.24) is 4.90 Å². The smallest absolute Gasteiger partial charge is 0.339 e. The number of nitrogens with zero attached hydrogens (tertiary/aromatic N) is 1. The van der Waals surface area contributed by atoms with Crippen LogP contribution in [0.15, 0.2) is 34.7 Å². The van der Waals surface area contributed by atoms with Gasteiger partial charge in [-0.1, -0.05) is 13.0 Å². The van der Waals surface area contributed by atoms with Crippen LogP contribution in [0.4, 0.5) is 5.69 Å². The zero-order chi connectivity index (χ0) is 20.0. The third-order valence-electron chi connectivity index (χ3n) is 3.93. The average Bonchev–Trinajstić information content (AvgIpc) is 3.10. The lowest BCUT2D eigenvalue weighted by Crippen LogP contribution is -2.37. The molecule has 0 unspecified atom stereocenters. The number of methoxy groups -OCH3 is 1. The number of ether oxygens (including phenoxy) is 1. The third kappa shape index (κ3) is 4.87. The number of hydrogen-bond donors (Lipinski definition) is 2. The van der Waals surface area contributed by atoms with E-state index in [-0.39, 0.29) is 36.1 Å². The Balaban J connectivity index is 2.10. The zero-order valence-electron chi connectivity index (χ0n) is 15.4. The van der Waals surface area contributed by atoms with Crippen LogP contribution in [-0.2, 0) is 11.2 Å². The van der Waals surface area contributed by atoms with Crippen molar-refractivity contribution in [1.29, 1.82) is 0 Å². The first-order valence-corrected chi connectivity index (χ1v) is 8.48. The number of carboxylic acids is 1. The summed E-state index contributed by atoms with van der Waals surface area (Å²) in [5, 5.41) is 11.9. The van der Waals surface area contributed by atoms with Gasteiger partial charge in [-0.05, 0) is 19.1 Å². The Morgan fingerprint density at radius 3 is 2.52 bits per heavy atom. The number of carbonyl (C=O) groups excluding carboxylic acids is 2. The molecule has 0 radical (unpaired) electrons. The quantitative estimate of drug-likeness (QED) is 0.735. The van der Waals surface area contributed by atoms with E-state index in [1.807, 2.05) is 0 Å². The number of aryl methyl sites for hydroxylation is 1. The van der Waals surface area contributed by atoms with E-state index in [1.165, 1.54) is 18.1 Å². The molecule has 0 saturated heterocycles. The minimum Gasteiger partial charge on any atom is -0.497 e. The Labute approximate surface area is 156 Å². The molecular weight excluding hydrogens is 352 g/mol.